The summed E-state index contributed by atoms with van der Waals surface area (Å²) >= 11 is 0. The second-order valence-corrected chi connectivity index (χ2v) is 8.73. The summed E-state index contributed by atoms with van der Waals surface area (Å²) in [6, 6.07) is 14.2. The van der Waals surface area contributed by atoms with Gasteiger partial charge in [0.15, 0.2) is 5.78 Å². The normalized spacial score (nSPS) is 11.0. The number of hydrogen-bond donors (Lipinski definition) is 2. The summed E-state index contributed by atoms with van der Waals surface area (Å²) in [4.78, 5) is 41.6. The van der Waals surface area contributed by atoms with Crippen LogP contribution in [0, 0.1) is 12.7 Å². The lowest BCUT2D eigenvalue weighted by Gasteiger charge is -2.20. The molecule has 0 radical (unpaired) electrons. The van der Waals surface area contributed by atoms with E-state index in [1.165, 1.54) is 6.07 Å². The van der Waals surface area contributed by atoms with E-state index in [4.69, 9.17) is 4.74 Å². The van der Waals surface area contributed by atoms with Crippen LogP contribution in [0.3, 0.4) is 0 Å². The van der Waals surface area contributed by atoms with E-state index >= 15 is 0 Å². The highest BCUT2D eigenvalue weighted by molar-refractivity contribution is 6.12. The summed E-state index contributed by atoms with van der Waals surface area (Å²) in [6.07, 6.45) is 0.476. The van der Waals surface area contributed by atoms with Gasteiger partial charge in [0.2, 0.25) is 5.91 Å². The van der Waals surface area contributed by atoms with E-state index in [0.29, 0.717) is 5.56 Å². The van der Waals surface area contributed by atoms with Crippen molar-refractivity contribution in [3.8, 4) is 11.1 Å². The first-order valence-corrected chi connectivity index (χ1v) is 10.7. The third kappa shape index (κ3) is 6.96. The van der Waals surface area contributed by atoms with Gasteiger partial charge in [0.25, 0.3) is 0 Å². The molecule has 1 aromatic heterocycles. The van der Waals surface area contributed by atoms with Crippen LogP contribution in [0.2, 0.25) is 0 Å². The number of Topliss-reactive ketones (excluding diaryl/α,β-unsaturated/α-hetero) is 1. The van der Waals surface area contributed by atoms with Crippen molar-refractivity contribution in [1.82, 2.24) is 4.98 Å². The number of aromatic nitrogens is 1. The highest BCUT2D eigenvalue weighted by Crippen LogP contribution is 2.25. The van der Waals surface area contributed by atoms with Crippen LogP contribution in [0.4, 0.5) is 20.6 Å². The van der Waals surface area contributed by atoms with Crippen molar-refractivity contribution in [2.75, 3.05) is 10.6 Å². The number of carbonyl (C=O) groups is 3. The summed E-state index contributed by atoms with van der Waals surface area (Å²) in [5.74, 6) is -1.66. The molecule has 2 N–H and O–H groups in total. The van der Waals surface area contributed by atoms with Gasteiger partial charge in [-0.25, -0.2) is 9.18 Å². The van der Waals surface area contributed by atoms with Crippen molar-refractivity contribution < 1.29 is 23.5 Å². The smallest absolute Gasteiger partial charge is 0.412 e. The third-order valence-corrected chi connectivity index (χ3v) is 4.63. The largest absolute Gasteiger partial charge is 0.444 e. The Hall–Kier alpha value is -4.07. The highest BCUT2D eigenvalue weighted by atomic mass is 19.1. The maximum absolute atomic E-state index is 13.8. The molecule has 0 aliphatic rings. The summed E-state index contributed by atoms with van der Waals surface area (Å²) in [6.45, 7) is 6.99. The van der Waals surface area contributed by atoms with Crippen LogP contribution in [0.25, 0.3) is 11.1 Å². The van der Waals surface area contributed by atoms with Gasteiger partial charge in [0.05, 0.1) is 17.8 Å². The molecule has 0 saturated carbocycles. The maximum Gasteiger partial charge on any atom is 0.412 e. The van der Waals surface area contributed by atoms with Gasteiger partial charge >= 0.3 is 6.09 Å². The molecule has 176 valence electrons. The molecule has 1 heterocycles. The van der Waals surface area contributed by atoms with Crippen molar-refractivity contribution in [3.05, 3.63) is 77.9 Å². The van der Waals surface area contributed by atoms with Gasteiger partial charge < -0.3 is 10.1 Å². The number of ketones is 1. The molecule has 0 saturated heterocycles. The Balaban J connectivity index is 1.71. The van der Waals surface area contributed by atoms with Crippen LogP contribution in [-0.2, 0) is 9.53 Å². The number of pyridine rings is 1. The predicted molar refractivity (Wildman–Crippen MR) is 128 cm³/mol. The van der Waals surface area contributed by atoms with E-state index in [1.807, 2.05) is 25.1 Å². The van der Waals surface area contributed by atoms with Crippen molar-refractivity contribution in [3.63, 3.8) is 0 Å². The Kier molecular flexibility index (Phi) is 7.40. The average Bonchev–Trinajstić information content (AvgIpc) is 2.74. The number of amides is 2. The first kappa shape index (κ1) is 24.6. The highest BCUT2D eigenvalue weighted by Gasteiger charge is 2.19. The number of aryl methyl sites for hydroxylation is 1. The first-order chi connectivity index (χ1) is 16.0. The number of anilines is 2. The molecule has 0 spiro atoms. The zero-order valence-corrected chi connectivity index (χ0v) is 19.4. The molecule has 2 amide bonds. The summed E-state index contributed by atoms with van der Waals surface area (Å²) in [5, 5.41) is 4.98. The van der Waals surface area contributed by atoms with Crippen LogP contribution in [0.15, 0.2) is 60.8 Å². The SMILES string of the molecule is Cc1cc(-c2cccc(C(=O)CC(=O)Nc3cc(F)ccc3NC(=O)OC(C)(C)C)c2)ccn1. The van der Waals surface area contributed by atoms with Crippen LogP contribution in [0.1, 0.15) is 43.2 Å². The van der Waals surface area contributed by atoms with E-state index in [-0.39, 0.29) is 11.4 Å². The molecule has 0 fully saturated rings. The second kappa shape index (κ2) is 10.2. The molecule has 2 aromatic carbocycles. The Labute approximate surface area is 197 Å². The lowest BCUT2D eigenvalue weighted by atomic mass is 10.0. The number of nitrogens with zero attached hydrogens (tertiary/aromatic N) is 1. The summed E-state index contributed by atoms with van der Waals surface area (Å²) < 4.78 is 19.0. The fraction of sp³-hybridized carbons (Fsp3) is 0.231. The molecular weight excluding hydrogens is 437 g/mol. The molecule has 0 bridgehead atoms. The zero-order chi connectivity index (χ0) is 24.9. The number of halogens is 1. The van der Waals surface area contributed by atoms with Gasteiger partial charge in [0, 0.05) is 17.5 Å². The van der Waals surface area contributed by atoms with Gasteiger partial charge in [0.1, 0.15) is 11.4 Å². The summed E-state index contributed by atoms with van der Waals surface area (Å²) in [7, 11) is 0. The fourth-order valence-electron chi connectivity index (χ4n) is 3.18. The third-order valence-electron chi connectivity index (χ3n) is 4.63. The number of hydrogen-bond acceptors (Lipinski definition) is 5. The number of benzene rings is 2. The summed E-state index contributed by atoms with van der Waals surface area (Å²) in [5.41, 5.74) is 2.38. The van der Waals surface area contributed by atoms with Crippen molar-refractivity contribution in [2.45, 2.75) is 39.7 Å². The van der Waals surface area contributed by atoms with Crippen molar-refractivity contribution >= 4 is 29.2 Å². The second-order valence-electron chi connectivity index (χ2n) is 8.73. The number of rotatable bonds is 6. The van der Waals surface area contributed by atoms with Crippen LogP contribution >= 0.6 is 0 Å². The van der Waals surface area contributed by atoms with Gasteiger partial charge in [-0.3, -0.25) is 19.9 Å². The molecule has 0 aliphatic carbocycles. The average molecular weight is 464 g/mol. The molecule has 3 rings (SSSR count). The van der Waals surface area contributed by atoms with Crippen molar-refractivity contribution in [2.24, 2.45) is 0 Å². The Morgan fingerprint density at radius 3 is 2.38 bits per heavy atom. The molecule has 34 heavy (non-hydrogen) atoms. The monoisotopic (exact) mass is 463 g/mol. The Morgan fingerprint density at radius 1 is 0.941 bits per heavy atom. The van der Waals surface area contributed by atoms with Crippen LogP contribution in [0.5, 0.6) is 0 Å². The number of carbonyl (C=O) groups excluding carboxylic acids is 3. The lowest BCUT2D eigenvalue weighted by molar-refractivity contribution is -0.115. The molecule has 7 nitrogen and oxygen atoms in total. The molecule has 0 aliphatic heterocycles. The zero-order valence-electron chi connectivity index (χ0n) is 19.4. The van der Waals surface area contributed by atoms with Gasteiger partial charge in [-0.1, -0.05) is 18.2 Å². The van der Waals surface area contributed by atoms with E-state index in [2.05, 4.69) is 15.6 Å². The number of ether oxygens (including phenoxy) is 1. The fourth-order valence-corrected chi connectivity index (χ4v) is 3.18. The van der Waals surface area contributed by atoms with Crippen LogP contribution < -0.4 is 10.6 Å². The lowest BCUT2D eigenvalue weighted by Crippen LogP contribution is -2.27. The minimum absolute atomic E-state index is 0.0182. The van der Waals surface area contributed by atoms with E-state index in [9.17, 15) is 18.8 Å². The number of nitrogens with one attached hydrogen (secondary N) is 2. The van der Waals surface area contributed by atoms with Crippen LogP contribution in [-0.4, -0.2) is 28.4 Å². The van der Waals surface area contributed by atoms with E-state index in [0.717, 1.165) is 29.0 Å². The van der Waals surface area contributed by atoms with E-state index in [1.54, 1.807) is 45.2 Å². The minimum Gasteiger partial charge on any atom is -0.444 e. The van der Waals surface area contributed by atoms with Crippen molar-refractivity contribution in [1.29, 1.82) is 0 Å². The Bertz CT molecular complexity index is 1230. The van der Waals surface area contributed by atoms with Gasteiger partial charge in [-0.05, 0) is 75.2 Å². The minimum atomic E-state index is -0.756. The first-order valence-electron chi connectivity index (χ1n) is 10.7. The van der Waals surface area contributed by atoms with Gasteiger partial charge in [-0.2, -0.15) is 0 Å². The molecular formula is C26H26FN3O4. The molecule has 0 unspecified atom stereocenters. The molecule has 0 atom stereocenters. The maximum atomic E-state index is 13.8. The van der Waals surface area contributed by atoms with Gasteiger partial charge in [-0.15, -0.1) is 0 Å². The Morgan fingerprint density at radius 2 is 1.68 bits per heavy atom. The quantitative estimate of drug-likeness (QED) is 0.358. The molecule has 3 aromatic rings. The predicted octanol–water partition coefficient (Wildman–Crippen LogP) is 5.75. The topological polar surface area (TPSA) is 97.4 Å². The standard InChI is InChI=1S/C26H26FN3O4/c1-16-12-18(10-11-28-16)17-6-5-7-19(13-17)23(31)15-24(32)29-22-14-20(27)8-9-21(22)30-25(33)34-26(2,3)4/h5-14H,15H2,1-4H3,(H,29,32)(H,30,33). The van der Waals surface area contributed by atoms with E-state index < -0.39 is 35.6 Å². The molecule has 8 heteroatoms.